The molecule has 6 aliphatic rings. The lowest BCUT2D eigenvalue weighted by atomic mass is 9.56. The molecule has 6 nitrogen and oxygen atoms in total. The normalized spacial score (nSPS) is 26.3. The molecule has 4 aliphatic carbocycles. The van der Waals surface area contributed by atoms with Crippen LogP contribution in [0.4, 0.5) is 8.78 Å². The van der Waals surface area contributed by atoms with E-state index in [0.717, 1.165) is 93.6 Å². The number of benzene rings is 4. The van der Waals surface area contributed by atoms with Crippen molar-refractivity contribution in [2.24, 2.45) is 10.8 Å². The van der Waals surface area contributed by atoms with E-state index in [1.807, 2.05) is 28.0 Å². The Morgan fingerprint density at radius 1 is 0.623 bits per heavy atom. The van der Waals surface area contributed by atoms with Crippen molar-refractivity contribution in [3.05, 3.63) is 184 Å². The van der Waals surface area contributed by atoms with E-state index in [2.05, 4.69) is 118 Å². The Morgan fingerprint density at radius 3 is 1.62 bits per heavy atom. The fourth-order valence-corrected chi connectivity index (χ4v) is 14.6. The van der Waals surface area contributed by atoms with Crippen molar-refractivity contribution in [1.29, 1.82) is 0 Å². The smallest absolute Gasteiger partial charge is 0.123 e. The number of ether oxygens (including phenoxy) is 2. The van der Waals surface area contributed by atoms with Gasteiger partial charge in [0.1, 0.15) is 17.2 Å². The fraction of sp³-hybridized carbons (Fsp3) is 0.400. The molecule has 0 N–H and O–H groups in total. The standard InChI is InChI=1S/C27H27FN2O.C27H25FN2O.C6H16Si/c2*1-26-15-20-17-29-30(24-11-9-23(28)10-12-24)25(20)14-22(26)8-5-13-27(26)16-21(18-31-27)19-6-3-2-4-7-19;1-4-7(5-2)6-3/h2-4,6-7,9-12,14,17,21H,5,8,13,15-16,18H2,1H3;2-4,6-7,9-12,14,17-18H,5,8,13,15-16H2,1H3;7H,4-6H2,1-3H3/t21?,26-,27+;26-,27+;/m00./s1. The molecule has 358 valence electrons. The van der Waals surface area contributed by atoms with Crippen LogP contribution in [0, 0.1) is 22.5 Å². The van der Waals surface area contributed by atoms with E-state index in [4.69, 9.17) is 9.47 Å². The Labute approximate surface area is 409 Å². The number of fused-ring (bicyclic) bond motifs is 6. The lowest BCUT2D eigenvalue weighted by Crippen LogP contribution is -2.52. The summed E-state index contributed by atoms with van der Waals surface area (Å²) in [5.74, 6) is 0.00187. The van der Waals surface area contributed by atoms with Gasteiger partial charge in [-0.1, -0.05) is 125 Å². The zero-order valence-electron chi connectivity index (χ0n) is 41.2. The molecule has 0 amide bonds. The second-order valence-electron chi connectivity index (χ2n) is 21.0. The molecule has 3 fully saturated rings. The summed E-state index contributed by atoms with van der Waals surface area (Å²) in [7, 11) is -0.171. The lowest BCUT2D eigenvalue weighted by molar-refractivity contribution is -0.0952. The molecule has 2 aliphatic heterocycles. The van der Waals surface area contributed by atoms with Crippen molar-refractivity contribution in [3.63, 3.8) is 0 Å². The van der Waals surface area contributed by atoms with Crippen molar-refractivity contribution in [2.75, 3.05) is 6.61 Å². The fourth-order valence-electron chi connectivity index (χ4n) is 12.9. The van der Waals surface area contributed by atoms with Crippen LogP contribution in [-0.4, -0.2) is 46.2 Å². The van der Waals surface area contributed by atoms with Gasteiger partial charge in [0.05, 0.1) is 53.6 Å². The van der Waals surface area contributed by atoms with Gasteiger partial charge in [-0.2, -0.15) is 10.2 Å². The van der Waals surface area contributed by atoms with Crippen molar-refractivity contribution >= 4 is 26.5 Å². The number of rotatable bonds is 7. The number of halogens is 2. The molecule has 5 atom stereocenters. The molecule has 1 unspecified atom stereocenters. The molecule has 12 rings (SSSR count). The molecule has 2 saturated carbocycles. The SMILES string of the molecule is CC[SiH](CC)CC.C[C@]12Cc3cnn(-c4ccc(F)cc4)c3C=C1CCC[C@@]21CC(c2ccccc2)=CO1.C[C@]12Cc3cnn(-c4ccc(F)cc4)c3C=C1CCC[C@@]21CC(c2ccccc2)CO1. The maximum absolute atomic E-state index is 13.4. The van der Waals surface area contributed by atoms with Crippen molar-refractivity contribution < 1.29 is 18.3 Å². The zero-order valence-corrected chi connectivity index (χ0v) is 42.3. The van der Waals surface area contributed by atoms with Gasteiger partial charge in [-0.25, -0.2) is 18.1 Å². The summed E-state index contributed by atoms with van der Waals surface area (Å²) >= 11 is 0. The van der Waals surface area contributed by atoms with E-state index in [-0.39, 0.29) is 42.5 Å². The Kier molecular flexibility index (Phi) is 13.1. The molecule has 0 bridgehead atoms. The molecule has 0 radical (unpaired) electrons. The van der Waals surface area contributed by atoms with Gasteiger partial charge in [-0.05, 0) is 146 Å². The Morgan fingerprint density at radius 2 is 1.12 bits per heavy atom. The number of nitrogens with zero attached hydrogens (tertiary/aromatic N) is 4. The third-order valence-corrected chi connectivity index (χ3v) is 20.8. The topological polar surface area (TPSA) is 54.1 Å². The average Bonchev–Trinajstić information content (AvgIpc) is 4.20. The van der Waals surface area contributed by atoms with Gasteiger partial charge < -0.3 is 9.47 Å². The summed E-state index contributed by atoms with van der Waals surface area (Å²) < 4.78 is 44.0. The van der Waals surface area contributed by atoms with Crippen LogP contribution < -0.4 is 0 Å². The van der Waals surface area contributed by atoms with Crippen LogP contribution in [0.25, 0.3) is 29.1 Å². The van der Waals surface area contributed by atoms with Gasteiger partial charge in [0.15, 0.2) is 0 Å². The molecule has 69 heavy (non-hydrogen) atoms. The van der Waals surface area contributed by atoms with Gasteiger partial charge in [-0.15, -0.1) is 0 Å². The number of hydrogen-bond donors (Lipinski definition) is 0. The molecular formula is C60H68F2N4O2Si. The maximum atomic E-state index is 13.4. The Bertz CT molecular complexity index is 2720. The molecule has 6 aromatic rings. The van der Waals surface area contributed by atoms with Crippen LogP contribution in [0.3, 0.4) is 0 Å². The van der Waals surface area contributed by atoms with Crippen LogP contribution in [-0.2, 0) is 22.3 Å². The van der Waals surface area contributed by atoms with Gasteiger partial charge in [-0.3, -0.25) is 0 Å². The Balaban J connectivity index is 0.000000141. The highest BCUT2D eigenvalue weighted by molar-refractivity contribution is 6.58. The van der Waals surface area contributed by atoms with Crippen molar-refractivity contribution in [2.45, 2.75) is 134 Å². The first kappa shape index (κ1) is 47.1. The molecule has 4 heterocycles. The second-order valence-corrected chi connectivity index (χ2v) is 25.1. The minimum absolute atomic E-state index is 0.0154. The summed E-state index contributed by atoms with van der Waals surface area (Å²) in [6.45, 7) is 12.5. The molecule has 2 aromatic heterocycles. The maximum Gasteiger partial charge on any atom is 0.123 e. The third-order valence-electron chi connectivity index (χ3n) is 17.3. The van der Waals surface area contributed by atoms with E-state index >= 15 is 0 Å². The lowest BCUT2D eigenvalue weighted by Gasteiger charge is -2.52. The minimum Gasteiger partial charge on any atom is -0.493 e. The average molecular weight is 943 g/mol. The van der Waals surface area contributed by atoms with Gasteiger partial charge >= 0.3 is 0 Å². The highest BCUT2D eigenvalue weighted by Crippen LogP contribution is 2.61. The van der Waals surface area contributed by atoms with Crippen LogP contribution in [0.15, 0.2) is 139 Å². The van der Waals surface area contributed by atoms with Crippen molar-refractivity contribution in [1.82, 2.24) is 19.6 Å². The highest BCUT2D eigenvalue weighted by Gasteiger charge is 2.59. The summed E-state index contributed by atoms with van der Waals surface area (Å²) in [5.41, 5.74) is 13.0. The van der Waals surface area contributed by atoms with Gasteiger partial charge in [0.2, 0.25) is 0 Å². The van der Waals surface area contributed by atoms with E-state index < -0.39 is 0 Å². The van der Waals surface area contributed by atoms with Crippen LogP contribution in [0.2, 0.25) is 18.1 Å². The first-order chi connectivity index (χ1) is 33.5. The second kappa shape index (κ2) is 19.3. The molecule has 2 spiro atoms. The predicted octanol–water partition coefficient (Wildman–Crippen LogP) is 14.7. The summed E-state index contributed by atoms with van der Waals surface area (Å²) in [5, 5.41) is 9.33. The van der Waals surface area contributed by atoms with E-state index in [1.54, 1.807) is 24.3 Å². The summed E-state index contributed by atoms with van der Waals surface area (Å²) in [6.07, 6.45) is 21.1. The third kappa shape index (κ3) is 8.62. The van der Waals surface area contributed by atoms with Crippen LogP contribution >= 0.6 is 0 Å². The Hall–Kier alpha value is -5.64. The molecular weight excluding hydrogens is 875 g/mol. The highest BCUT2D eigenvalue weighted by atomic mass is 28.3. The van der Waals surface area contributed by atoms with Crippen LogP contribution in [0.5, 0.6) is 0 Å². The quantitative estimate of drug-likeness (QED) is 0.150. The van der Waals surface area contributed by atoms with Crippen LogP contribution in [0.1, 0.15) is 126 Å². The van der Waals surface area contributed by atoms with E-state index in [1.165, 1.54) is 81.4 Å². The van der Waals surface area contributed by atoms with Gasteiger partial charge in [0.25, 0.3) is 0 Å². The minimum atomic E-state index is -0.231. The number of hydrogen-bond acceptors (Lipinski definition) is 4. The van der Waals surface area contributed by atoms with Crippen molar-refractivity contribution in [3.8, 4) is 11.4 Å². The number of aromatic nitrogens is 4. The first-order valence-corrected chi connectivity index (χ1v) is 28.1. The molecule has 1 saturated heterocycles. The summed E-state index contributed by atoms with van der Waals surface area (Å²) in [4.78, 5) is 0. The predicted molar refractivity (Wildman–Crippen MR) is 278 cm³/mol. The van der Waals surface area contributed by atoms with E-state index in [0.29, 0.717) is 5.92 Å². The molecule has 4 aromatic carbocycles. The largest absolute Gasteiger partial charge is 0.493 e. The molecule has 9 heteroatoms. The zero-order chi connectivity index (χ0) is 47.8. The monoisotopic (exact) mass is 943 g/mol. The summed E-state index contributed by atoms with van der Waals surface area (Å²) in [6, 6.07) is 39.0. The van der Waals surface area contributed by atoms with Gasteiger partial charge in [0, 0.05) is 32.0 Å². The van der Waals surface area contributed by atoms with E-state index in [9.17, 15) is 8.78 Å². The first-order valence-electron chi connectivity index (χ1n) is 25.7.